The first kappa shape index (κ1) is 15.8. The maximum absolute atomic E-state index is 12.2. The van der Waals surface area contributed by atoms with Gasteiger partial charge in [-0.15, -0.1) is 0 Å². The number of anilines is 1. The second kappa shape index (κ2) is 7.00. The van der Waals surface area contributed by atoms with E-state index < -0.39 is 0 Å². The number of hydrogen-bond acceptors (Lipinski definition) is 3. The normalized spacial score (nSPS) is 10.4. The van der Waals surface area contributed by atoms with Crippen LogP contribution in [0.15, 0.2) is 59.1 Å². The minimum Gasteiger partial charge on any atom is -0.359 e. The van der Waals surface area contributed by atoms with Gasteiger partial charge in [0.1, 0.15) is 11.4 Å². The molecule has 0 saturated carbocycles. The number of urea groups is 1. The van der Waals surface area contributed by atoms with E-state index in [9.17, 15) is 4.79 Å². The highest BCUT2D eigenvalue weighted by Gasteiger charge is 2.16. The summed E-state index contributed by atoms with van der Waals surface area (Å²) < 4.78 is 5.24. The predicted molar refractivity (Wildman–Crippen MR) is 93.7 cm³/mol. The fraction of sp³-hybridized carbons (Fsp3) is 0.158. The average molecular weight is 321 g/mol. The monoisotopic (exact) mass is 321 g/mol. The number of carbonyl (C=O) groups is 1. The lowest BCUT2D eigenvalue weighted by atomic mass is 10.1. The van der Waals surface area contributed by atoms with Gasteiger partial charge in [0.2, 0.25) is 0 Å². The van der Waals surface area contributed by atoms with Gasteiger partial charge in [0.25, 0.3) is 0 Å². The van der Waals surface area contributed by atoms with Crippen molar-refractivity contribution in [3.63, 3.8) is 0 Å². The van der Waals surface area contributed by atoms with Crippen molar-refractivity contribution in [2.75, 3.05) is 5.32 Å². The summed E-state index contributed by atoms with van der Waals surface area (Å²) >= 11 is 0. The van der Waals surface area contributed by atoms with Gasteiger partial charge in [-0.3, -0.25) is 0 Å². The van der Waals surface area contributed by atoms with Gasteiger partial charge in [-0.1, -0.05) is 59.8 Å². The Bertz CT molecular complexity index is 841. The third kappa shape index (κ3) is 3.46. The number of nitrogens with one attached hydrogen (secondary N) is 2. The number of nitrogens with zero attached hydrogens (tertiary/aromatic N) is 1. The number of carbonyl (C=O) groups excluding carboxylic acids is 1. The van der Waals surface area contributed by atoms with Crippen molar-refractivity contribution in [3.8, 4) is 11.3 Å². The number of amides is 2. The van der Waals surface area contributed by atoms with Crippen LogP contribution in [0.4, 0.5) is 10.5 Å². The first-order valence-corrected chi connectivity index (χ1v) is 7.76. The van der Waals surface area contributed by atoms with Crippen LogP contribution in [0.25, 0.3) is 11.3 Å². The fourth-order valence-electron chi connectivity index (χ4n) is 2.45. The molecule has 3 aromatic rings. The van der Waals surface area contributed by atoms with Crippen molar-refractivity contribution in [3.05, 3.63) is 71.5 Å². The molecule has 0 unspecified atom stereocenters. The molecular formula is C19H19N3O2. The predicted octanol–water partition coefficient (Wildman–Crippen LogP) is 4.28. The molecule has 0 aliphatic carbocycles. The van der Waals surface area contributed by atoms with Gasteiger partial charge >= 0.3 is 6.03 Å². The summed E-state index contributed by atoms with van der Waals surface area (Å²) in [7, 11) is 0. The van der Waals surface area contributed by atoms with Crippen molar-refractivity contribution in [1.29, 1.82) is 0 Å². The summed E-state index contributed by atoms with van der Waals surface area (Å²) in [6.45, 7) is 4.26. The van der Waals surface area contributed by atoms with Gasteiger partial charge in [-0.05, 0) is 25.0 Å². The number of rotatable bonds is 4. The Hall–Kier alpha value is -3.08. The Morgan fingerprint density at radius 3 is 2.50 bits per heavy atom. The van der Waals surface area contributed by atoms with E-state index in [1.54, 1.807) is 6.92 Å². The molecule has 0 aliphatic heterocycles. The lowest BCUT2D eigenvalue weighted by Gasteiger charge is -2.09. The molecule has 0 spiro atoms. The second-order valence-corrected chi connectivity index (χ2v) is 5.56. The molecule has 0 bridgehead atoms. The lowest BCUT2D eigenvalue weighted by molar-refractivity contribution is 0.251. The topological polar surface area (TPSA) is 67.2 Å². The Morgan fingerprint density at radius 1 is 1.04 bits per heavy atom. The molecule has 5 heteroatoms. The minimum absolute atomic E-state index is 0.290. The standard InChI is InChI=1S/C19H19N3O2/c1-13-8-6-7-11-16(13)12-20-19(23)21-17-14(2)24-22-18(17)15-9-4-3-5-10-15/h3-11H,12H2,1-2H3,(H2,20,21,23). The summed E-state index contributed by atoms with van der Waals surface area (Å²) in [6.07, 6.45) is 0. The highest BCUT2D eigenvalue weighted by molar-refractivity contribution is 5.94. The number of aromatic nitrogens is 1. The van der Waals surface area contributed by atoms with Gasteiger partial charge in [0.15, 0.2) is 5.76 Å². The Morgan fingerprint density at radius 2 is 1.75 bits per heavy atom. The Kier molecular flexibility index (Phi) is 4.61. The molecule has 2 amide bonds. The van der Waals surface area contributed by atoms with Crippen molar-refractivity contribution in [1.82, 2.24) is 10.5 Å². The molecule has 3 rings (SSSR count). The maximum Gasteiger partial charge on any atom is 0.319 e. The van der Waals surface area contributed by atoms with Gasteiger partial charge < -0.3 is 15.2 Å². The molecule has 5 nitrogen and oxygen atoms in total. The number of benzene rings is 2. The van der Waals surface area contributed by atoms with Crippen LogP contribution in [-0.2, 0) is 6.54 Å². The smallest absolute Gasteiger partial charge is 0.319 e. The van der Waals surface area contributed by atoms with Gasteiger partial charge in [-0.2, -0.15) is 0 Å². The van der Waals surface area contributed by atoms with Gasteiger partial charge in [0, 0.05) is 12.1 Å². The average Bonchev–Trinajstić information content (AvgIpc) is 2.96. The Balaban J connectivity index is 1.71. The molecular weight excluding hydrogens is 302 g/mol. The summed E-state index contributed by atoms with van der Waals surface area (Å²) in [5, 5.41) is 9.76. The third-order valence-electron chi connectivity index (χ3n) is 3.85. The number of aryl methyl sites for hydroxylation is 2. The second-order valence-electron chi connectivity index (χ2n) is 5.56. The first-order chi connectivity index (χ1) is 11.6. The molecule has 0 saturated heterocycles. The molecule has 2 aromatic carbocycles. The van der Waals surface area contributed by atoms with Crippen molar-refractivity contribution in [2.24, 2.45) is 0 Å². The van der Waals surface area contributed by atoms with Crippen LogP contribution in [0.2, 0.25) is 0 Å². The van der Waals surface area contributed by atoms with E-state index in [-0.39, 0.29) is 6.03 Å². The molecule has 1 aromatic heterocycles. The molecule has 1 heterocycles. The van der Waals surface area contributed by atoms with Crippen LogP contribution in [0.1, 0.15) is 16.9 Å². The maximum atomic E-state index is 12.2. The summed E-state index contributed by atoms with van der Waals surface area (Å²) in [6, 6.07) is 17.3. The zero-order chi connectivity index (χ0) is 16.9. The fourth-order valence-corrected chi connectivity index (χ4v) is 2.45. The van der Waals surface area contributed by atoms with Crippen LogP contribution in [0, 0.1) is 13.8 Å². The molecule has 0 atom stereocenters. The molecule has 0 radical (unpaired) electrons. The van der Waals surface area contributed by atoms with Crippen molar-refractivity contribution in [2.45, 2.75) is 20.4 Å². The quantitative estimate of drug-likeness (QED) is 0.753. The summed E-state index contributed by atoms with van der Waals surface area (Å²) in [5.41, 5.74) is 4.33. The largest absolute Gasteiger partial charge is 0.359 e. The molecule has 2 N–H and O–H groups in total. The highest BCUT2D eigenvalue weighted by atomic mass is 16.5. The van der Waals surface area contributed by atoms with E-state index in [2.05, 4.69) is 15.8 Å². The lowest BCUT2D eigenvalue weighted by Crippen LogP contribution is -2.28. The third-order valence-corrected chi connectivity index (χ3v) is 3.85. The highest BCUT2D eigenvalue weighted by Crippen LogP contribution is 2.29. The minimum atomic E-state index is -0.290. The van der Waals surface area contributed by atoms with E-state index in [0.29, 0.717) is 23.7 Å². The van der Waals surface area contributed by atoms with Crippen molar-refractivity contribution >= 4 is 11.7 Å². The van der Waals surface area contributed by atoms with Crippen LogP contribution >= 0.6 is 0 Å². The van der Waals surface area contributed by atoms with Crippen molar-refractivity contribution < 1.29 is 9.32 Å². The Labute approximate surface area is 140 Å². The van der Waals surface area contributed by atoms with Crippen LogP contribution in [0.3, 0.4) is 0 Å². The summed E-state index contributed by atoms with van der Waals surface area (Å²) in [4.78, 5) is 12.2. The first-order valence-electron chi connectivity index (χ1n) is 7.76. The molecule has 24 heavy (non-hydrogen) atoms. The van der Waals surface area contributed by atoms with Crippen LogP contribution in [0.5, 0.6) is 0 Å². The van der Waals surface area contributed by atoms with Gasteiger partial charge in [-0.25, -0.2) is 4.79 Å². The van der Waals surface area contributed by atoms with Crippen LogP contribution in [-0.4, -0.2) is 11.2 Å². The zero-order valence-electron chi connectivity index (χ0n) is 13.7. The van der Waals surface area contributed by atoms with E-state index in [4.69, 9.17) is 4.52 Å². The van der Waals surface area contributed by atoms with Gasteiger partial charge in [0.05, 0.1) is 0 Å². The van der Waals surface area contributed by atoms with E-state index in [0.717, 1.165) is 16.7 Å². The zero-order valence-corrected chi connectivity index (χ0v) is 13.7. The SMILES string of the molecule is Cc1ccccc1CNC(=O)Nc1c(-c2ccccc2)noc1C. The number of hydrogen-bond donors (Lipinski definition) is 2. The molecule has 0 fully saturated rings. The van der Waals surface area contributed by atoms with E-state index >= 15 is 0 Å². The summed E-state index contributed by atoms with van der Waals surface area (Å²) in [5.74, 6) is 0.569. The van der Waals surface area contributed by atoms with Crippen LogP contribution < -0.4 is 10.6 Å². The van der Waals surface area contributed by atoms with E-state index in [1.165, 1.54) is 0 Å². The van der Waals surface area contributed by atoms with E-state index in [1.807, 2.05) is 61.5 Å². The molecule has 0 aliphatic rings. The molecule has 122 valence electrons.